The number of hydrogen-bond donors (Lipinski definition) is 1. The highest BCUT2D eigenvalue weighted by Gasteiger charge is 2.13. The molecule has 0 aliphatic rings. The highest BCUT2D eigenvalue weighted by atomic mass is 79.9. The number of carbonyl (C=O) groups is 1. The van der Waals surface area contributed by atoms with E-state index in [1.54, 1.807) is 0 Å². The molecule has 0 heterocycles. The van der Waals surface area contributed by atoms with Crippen LogP contribution in [0.25, 0.3) is 0 Å². The summed E-state index contributed by atoms with van der Waals surface area (Å²) >= 11 is 3.43. The van der Waals surface area contributed by atoms with Crippen molar-refractivity contribution < 1.29 is 4.79 Å². The Morgan fingerprint density at radius 2 is 1.74 bits per heavy atom. The highest BCUT2D eigenvalue weighted by Crippen LogP contribution is 2.23. The number of halogens is 1. The van der Waals surface area contributed by atoms with E-state index in [9.17, 15) is 4.79 Å². The van der Waals surface area contributed by atoms with Crippen LogP contribution in [0.2, 0.25) is 0 Å². The first-order valence-electron chi connectivity index (χ1n) is 7.91. The molecule has 122 valence electrons. The second kappa shape index (κ2) is 7.31. The van der Waals surface area contributed by atoms with Crippen LogP contribution in [0.15, 0.2) is 46.9 Å². The van der Waals surface area contributed by atoms with Gasteiger partial charge in [0.05, 0.1) is 0 Å². The van der Waals surface area contributed by atoms with E-state index in [4.69, 9.17) is 0 Å². The summed E-state index contributed by atoms with van der Waals surface area (Å²) in [5.74, 6) is 0.0512. The van der Waals surface area contributed by atoms with Crippen molar-refractivity contribution in [1.29, 1.82) is 0 Å². The highest BCUT2D eigenvalue weighted by molar-refractivity contribution is 9.10. The quantitative estimate of drug-likeness (QED) is 0.739. The molecule has 0 aliphatic heterocycles. The van der Waals surface area contributed by atoms with E-state index < -0.39 is 0 Å². The van der Waals surface area contributed by atoms with Crippen LogP contribution in [0, 0.1) is 6.92 Å². The standard InChI is InChI=1S/C20H24BrNO/c1-14-13-17(21)10-11-18(14)22-19(23)12-7-15-5-8-16(9-6-15)20(2,3)4/h5-6,8-11,13H,7,12H2,1-4H3,(H,22,23). The van der Waals surface area contributed by atoms with Crippen molar-refractivity contribution in [1.82, 2.24) is 0 Å². The van der Waals surface area contributed by atoms with Crippen LogP contribution in [0.4, 0.5) is 5.69 Å². The fraction of sp³-hybridized carbons (Fsp3) is 0.350. The first-order chi connectivity index (χ1) is 10.8. The maximum Gasteiger partial charge on any atom is 0.224 e. The van der Waals surface area contributed by atoms with Gasteiger partial charge in [0.25, 0.3) is 0 Å². The summed E-state index contributed by atoms with van der Waals surface area (Å²) < 4.78 is 1.02. The third kappa shape index (κ3) is 5.21. The minimum Gasteiger partial charge on any atom is -0.326 e. The third-order valence-electron chi connectivity index (χ3n) is 3.92. The molecule has 0 saturated carbocycles. The lowest BCUT2D eigenvalue weighted by Gasteiger charge is -2.19. The SMILES string of the molecule is Cc1cc(Br)ccc1NC(=O)CCc1ccc(C(C)(C)C)cc1. The van der Waals surface area contributed by atoms with E-state index in [1.165, 1.54) is 11.1 Å². The van der Waals surface area contributed by atoms with Gasteiger partial charge >= 0.3 is 0 Å². The molecule has 0 aromatic heterocycles. The molecule has 0 fully saturated rings. The molecule has 2 rings (SSSR count). The number of nitrogens with one attached hydrogen (secondary N) is 1. The Balaban J connectivity index is 1.91. The number of anilines is 1. The van der Waals surface area contributed by atoms with Crippen molar-refractivity contribution in [3.05, 3.63) is 63.6 Å². The summed E-state index contributed by atoms with van der Waals surface area (Å²) in [5.41, 5.74) is 4.61. The van der Waals surface area contributed by atoms with E-state index >= 15 is 0 Å². The van der Waals surface area contributed by atoms with Crippen LogP contribution in [0.5, 0.6) is 0 Å². The summed E-state index contributed by atoms with van der Waals surface area (Å²) in [6, 6.07) is 14.4. The first-order valence-corrected chi connectivity index (χ1v) is 8.70. The van der Waals surface area contributed by atoms with E-state index in [2.05, 4.69) is 66.3 Å². The lowest BCUT2D eigenvalue weighted by Crippen LogP contribution is -2.13. The minimum absolute atomic E-state index is 0.0512. The van der Waals surface area contributed by atoms with Crippen molar-refractivity contribution in [2.45, 2.75) is 46.0 Å². The van der Waals surface area contributed by atoms with Gasteiger partial charge in [0.2, 0.25) is 5.91 Å². The maximum absolute atomic E-state index is 12.1. The second-order valence-corrected chi connectivity index (χ2v) is 7.87. The second-order valence-electron chi connectivity index (χ2n) is 6.95. The summed E-state index contributed by atoms with van der Waals surface area (Å²) in [6.07, 6.45) is 1.25. The Morgan fingerprint density at radius 3 is 2.30 bits per heavy atom. The van der Waals surface area contributed by atoms with Gasteiger partial charge in [-0.3, -0.25) is 4.79 Å². The van der Waals surface area contributed by atoms with Crippen molar-refractivity contribution >= 4 is 27.5 Å². The fourth-order valence-electron chi connectivity index (χ4n) is 2.41. The predicted molar refractivity (Wildman–Crippen MR) is 101 cm³/mol. The summed E-state index contributed by atoms with van der Waals surface area (Å²) in [4.78, 5) is 12.1. The van der Waals surface area contributed by atoms with Gasteiger partial charge in [-0.25, -0.2) is 0 Å². The Kier molecular flexibility index (Phi) is 5.64. The Bertz CT molecular complexity index is 684. The summed E-state index contributed by atoms with van der Waals surface area (Å²) in [5, 5.41) is 2.98. The van der Waals surface area contributed by atoms with Gasteiger partial charge in [-0.2, -0.15) is 0 Å². The predicted octanol–water partition coefficient (Wildman–Crippen LogP) is 5.63. The molecule has 2 aromatic rings. The molecule has 0 radical (unpaired) electrons. The molecule has 0 bridgehead atoms. The Morgan fingerprint density at radius 1 is 1.09 bits per heavy atom. The van der Waals surface area contributed by atoms with Gasteiger partial charge in [0.15, 0.2) is 0 Å². The molecule has 0 spiro atoms. The van der Waals surface area contributed by atoms with Crippen LogP contribution >= 0.6 is 15.9 Å². The summed E-state index contributed by atoms with van der Waals surface area (Å²) in [7, 11) is 0. The largest absolute Gasteiger partial charge is 0.326 e. The maximum atomic E-state index is 12.1. The van der Waals surface area contributed by atoms with Crippen LogP contribution in [-0.4, -0.2) is 5.91 Å². The Labute approximate surface area is 147 Å². The molecular formula is C20H24BrNO. The monoisotopic (exact) mass is 373 g/mol. The zero-order valence-electron chi connectivity index (χ0n) is 14.2. The molecule has 0 aliphatic carbocycles. The molecule has 0 atom stereocenters. The molecule has 2 aromatic carbocycles. The van der Waals surface area contributed by atoms with Crippen molar-refractivity contribution in [2.24, 2.45) is 0 Å². The first kappa shape index (κ1) is 17.7. The number of hydrogen-bond acceptors (Lipinski definition) is 1. The van der Waals surface area contributed by atoms with Crippen molar-refractivity contribution in [2.75, 3.05) is 5.32 Å². The van der Waals surface area contributed by atoms with E-state index in [1.807, 2.05) is 25.1 Å². The zero-order chi connectivity index (χ0) is 17.0. The van der Waals surface area contributed by atoms with Gasteiger partial charge in [0, 0.05) is 16.6 Å². The molecule has 0 saturated heterocycles. The average molecular weight is 374 g/mol. The van der Waals surface area contributed by atoms with Gasteiger partial charge < -0.3 is 5.32 Å². The molecule has 23 heavy (non-hydrogen) atoms. The van der Waals surface area contributed by atoms with Crippen molar-refractivity contribution in [3.8, 4) is 0 Å². The smallest absolute Gasteiger partial charge is 0.224 e. The third-order valence-corrected chi connectivity index (χ3v) is 4.42. The van der Waals surface area contributed by atoms with Gasteiger partial charge in [-0.1, -0.05) is 61.0 Å². The minimum atomic E-state index is 0.0512. The van der Waals surface area contributed by atoms with E-state index in [0.29, 0.717) is 6.42 Å². The normalized spacial score (nSPS) is 11.3. The lowest BCUT2D eigenvalue weighted by molar-refractivity contribution is -0.116. The van der Waals surface area contributed by atoms with Crippen LogP contribution < -0.4 is 5.32 Å². The van der Waals surface area contributed by atoms with Crippen LogP contribution in [0.1, 0.15) is 43.9 Å². The molecular weight excluding hydrogens is 350 g/mol. The molecule has 3 heteroatoms. The molecule has 1 N–H and O–H groups in total. The average Bonchev–Trinajstić information content (AvgIpc) is 2.47. The van der Waals surface area contributed by atoms with Gasteiger partial charge in [0.1, 0.15) is 0 Å². The van der Waals surface area contributed by atoms with Crippen molar-refractivity contribution in [3.63, 3.8) is 0 Å². The molecule has 1 amide bonds. The van der Waals surface area contributed by atoms with Gasteiger partial charge in [-0.05, 0) is 53.6 Å². The molecule has 0 unspecified atom stereocenters. The number of carbonyl (C=O) groups excluding carboxylic acids is 1. The van der Waals surface area contributed by atoms with Crippen LogP contribution in [0.3, 0.4) is 0 Å². The number of benzene rings is 2. The fourth-order valence-corrected chi connectivity index (χ4v) is 2.88. The Hall–Kier alpha value is -1.61. The van der Waals surface area contributed by atoms with E-state index in [-0.39, 0.29) is 11.3 Å². The molecule has 2 nitrogen and oxygen atoms in total. The van der Waals surface area contributed by atoms with Crippen LogP contribution in [-0.2, 0) is 16.6 Å². The number of rotatable bonds is 4. The van der Waals surface area contributed by atoms with Gasteiger partial charge in [-0.15, -0.1) is 0 Å². The lowest BCUT2D eigenvalue weighted by atomic mass is 9.86. The zero-order valence-corrected chi connectivity index (χ0v) is 15.8. The topological polar surface area (TPSA) is 29.1 Å². The van der Waals surface area contributed by atoms with E-state index in [0.717, 1.165) is 22.1 Å². The summed E-state index contributed by atoms with van der Waals surface area (Å²) in [6.45, 7) is 8.60. The number of amides is 1. The number of aryl methyl sites for hydroxylation is 2.